The molecule has 2 heterocycles. The summed E-state index contributed by atoms with van der Waals surface area (Å²) in [4.78, 5) is 13.6. The fourth-order valence-corrected chi connectivity index (χ4v) is 3.12. The van der Waals surface area contributed by atoms with Gasteiger partial charge in [0.15, 0.2) is 6.29 Å². The van der Waals surface area contributed by atoms with Crippen LogP contribution in [0.3, 0.4) is 0 Å². The molecule has 2 aromatic heterocycles. The van der Waals surface area contributed by atoms with Gasteiger partial charge in [-0.25, -0.2) is 0 Å². The highest BCUT2D eigenvalue weighted by molar-refractivity contribution is 7.12. The second-order valence-electron chi connectivity index (χ2n) is 4.48. The van der Waals surface area contributed by atoms with Crippen molar-refractivity contribution in [2.75, 3.05) is 0 Å². The van der Waals surface area contributed by atoms with Gasteiger partial charge in [-0.1, -0.05) is 0 Å². The molecule has 2 nitrogen and oxygen atoms in total. The van der Waals surface area contributed by atoms with E-state index in [4.69, 9.17) is 0 Å². The second kappa shape index (κ2) is 4.49. The molecule has 0 unspecified atom stereocenters. The van der Waals surface area contributed by atoms with Crippen LogP contribution in [0, 0.1) is 27.7 Å². The summed E-state index contributed by atoms with van der Waals surface area (Å²) in [5, 5.41) is 0. The van der Waals surface area contributed by atoms with Crippen LogP contribution in [0.2, 0.25) is 0 Å². The lowest BCUT2D eigenvalue weighted by molar-refractivity contribution is 0.112. The summed E-state index contributed by atoms with van der Waals surface area (Å²) in [6, 6.07) is 4.19. The number of rotatable bonds is 3. The van der Waals surface area contributed by atoms with E-state index in [0.29, 0.717) is 0 Å². The van der Waals surface area contributed by atoms with Gasteiger partial charge in [0.25, 0.3) is 0 Å². The number of hydrogen-bond donors (Lipinski definition) is 0. The summed E-state index contributed by atoms with van der Waals surface area (Å²) in [5.41, 5.74) is 4.35. The van der Waals surface area contributed by atoms with Gasteiger partial charge in [0, 0.05) is 26.7 Å². The summed E-state index contributed by atoms with van der Waals surface area (Å²) < 4.78 is 2.20. The third kappa shape index (κ3) is 2.20. The van der Waals surface area contributed by atoms with Crippen molar-refractivity contribution >= 4 is 17.6 Å². The van der Waals surface area contributed by atoms with Crippen molar-refractivity contribution < 1.29 is 4.79 Å². The molecule has 0 aromatic carbocycles. The average molecular weight is 247 g/mol. The molecule has 0 fully saturated rings. The van der Waals surface area contributed by atoms with Gasteiger partial charge in [-0.3, -0.25) is 4.79 Å². The van der Waals surface area contributed by atoms with E-state index in [-0.39, 0.29) is 0 Å². The number of carbonyl (C=O) groups is 1. The minimum Gasteiger partial charge on any atom is -0.343 e. The van der Waals surface area contributed by atoms with Crippen LogP contribution in [0.25, 0.3) is 0 Å². The molecule has 0 radical (unpaired) electrons. The molecule has 0 aliphatic carbocycles. The average Bonchev–Trinajstić information content (AvgIpc) is 2.73. The van der Waals surface area contributed by atoms with Crippen LogP contribution in [0.1, 0.15) is 37.1 Å². The third-order valence-corrected chi connectivity index (χ3v) is 4.41. The molecule has 0 spiro atoms. The molecule has 0 amide bonds. The van der Waals surface area contributed by atoms with E-state index in [9.17, 15) is 4.79 Å². The van der Waals surface area contributed by atoms with Crippen LogP contribution < -0.4 is 0 Å². The molecule has 90 valence electrons. The maximum atomic E-state index is 10.9. The Morgan fingerprint density at radius 3 is 2.41 bits per heavy atom. The molecule has 17 heavy (non-hydrogen) atoms. The van der Waals surface area contributed by atoms with Crippen LogP contribution in [-0.4, -0.2) is 10.9 Å². The molecule has 0 saturated heterocycles. The zero-order chi connectivity index (χ0) is 12.6. The monoisotopic (exact) mass is 247 g/mol. The first-order valence-corrected chi connectivity index (χ1v) is 6.52. The smallest absolute Gasteiger partial charge is 0.151 e. The highest BCUT2D eigenvalue weighted by Crippen LogP contribution is 2.23. The number of thiophene rings is 1. The van der Waals surface area contributed by atoms with Gasteiger partial charge in [0.05, 0.1) is 6.54 Å². The van der Waals surface area contributed by atoms with Crippen molar-refractivity contribution in [3.8, 4) is 0 Å². The van der Waals surface area contributed by atoms with Crippen molar-refractivity contribution in [3.05, 3.63) is 44.4 Å². The summed E-state index contributed by atoms with van der Waals surface area (Å²) in [6.45, 7) is 9.21. The first-order valence-electron chi connectivity index (χ1n) is 5.70. The van der Waals surface area contributed by atoms with Crippen molar-refractivity contribution in [2.45, 2.75) is 34.2 Å². The van der Waals surface area contributed by atoms with E-state index in [0.717, 1.165) is 29.8 Å². The molecule has 0 saturated carbocycles. The largest absolute Gasteiger partial charge is 0.343 e. The summed E-state index contributed by atoms with van der Waals surface area (Å²) in [7, 11) is 0. The van der Waals surface area contributed by atoms with E-state index < -0.39 is 0 Å². The third-order valence-electron chi connectivity index (χ3n) is 3.27. The van der Waals surface area contributed by atoms with Gasteiger partial charge < -0.3 is 4.57 Å². The van der Waals surface area contributed by atoms with Gasteiger partial charge in [-0.05, 0) is 45.4 Å². The molecular weight excluding hydrogens is 230 g/mol. The SMILES string of the molecule is Cc1cc(Cn2c(C)cc(C=O)c2C)sc1C. The summed E-state index contributed by atoms with van der Waals surface area (Å²) in [5.74, 6) is 0. The Bertz CT molecular complexity index is 544. The highest BCUT2D eigenvalue weighted by atomic mass is 32.1. The van der Waals surface area contributed by atoms with Gasteiger partial charge >= 0.3 is 0 Å². The zero-order valence-corrected chi connectivity index (χ0v) is 11.5. The van der Waals surface area contributed by atoms with Gasteiger partial charge in [-0.15, -0.1) is 11.3 Å². The lowest BCUT2D eigenvalue weighted by Crippen LogP contribution is -2.02. The predicted octanol–water partition coefficient (Wildman–Crippen LogP) is 3.64. The Hall–Kier alpha value is -1.35. The van der Waals surface area contributed by atoms with Gasteiger partial charge in [0.2, 0.25) is 0 Å². The Balaban J connectivity index is 2.35. The van der Waals surface area contributed by atoms with E-state index >= 15 is 0 Å². The minimum absolute atomic E-state index is 0.799. The molecule has 0 atom stereocenters. The maximum absolute atomic E-state index is 10.9. The van der Waals surface area contributed by atoms with Crippen molar-refractivity contribution in [2.24, 2.45) is 0 Å². The van der Waals surface area contributed by atoms with Crippen molar-refractivity contribution in [1.82, 2.24) is 4.57 Å². The molecule has 3 heteroatoms. The molecule has 0 aliphatic rings. The summed E-state index contributed by atoms with van der Waals surface area (Å²) >= 11 is 1.83. The second-order valence-corrected chi connectivity index (χ2v) is 5.82. The van der Waals surface area contributed by atoms with Crippen LogP contribution in [0.15, 0.2) is 12.1 Å². The van der Waals surface area contributed by atoms with E-state index in [1.54, 1.807) is 0 Å². The van der Waals surface area contributed by atoms with Crippen molar-refractivity contribution in [3.63, 3.8) is 0 Å². The Labute approximate surface area is 106 Å². The molecule has 2 rings (SSSR count). The van der Waals surface area contributed by atoms with Crippen LogP contribution in [-0.2, 0) is 6.54 Å². The van der Waals surface area contributed by atoms with E-state index in [1.807, 2.05) is 31.3 Å². The number of aldehydes is 1. The number of aromatic nitrogens is 1. The van der Waals surface area contributed by atoms with Crippen LogP contribution >= 0.6 is 11.3 Å². The number of carbonyl (C=O) groups excluding carboxylic acids is 1. The minimum atomic E-state index is 0.799. The van der Waals surface area contributed by atoms with Gasteiger partial charge in [-0.2, -0.15) is 0 Å². The number of nitrogens with zero attached hydrogens (tertiary/aromatic N) is 1. The lowest BCUT2D eigenvalue weighted by Gasteiger charge is -2.07. The molecule has 0 aliphatic heterocycles. The fraction of sp³-hybridized carbons (Fsp3) is 0.357. The molecule has 0 N–H and O–H groups in total. The van der Waals surface area contributed by atoms with Crippen molar-refractivity contribution in [1.29, 1.82) is 0 Å². The Morgan fingerprint density at radius 2 is 1.94 bits per heavy atom. The molecule has 2 aromatic rings. The van der Waals surface area contributed by atoms with Gasteiger partial charge in [0.1, 0.15) is 0 Å². The van der Waals surface area contributed by atoms with E-state index in [1.165, 1.54) is 15.3 Å². The quantitative estimate of drug-likeness (QED) is 0.759. The molecule has 0 bridgehead atoms. The Morgan fingerprint density at radius 1 is 1.24 bits per heavy atom. The first-order chi connectivity index (χ1) is 8.02. The van der Waals surface area contributed by atoms with E-state index in [2.05, 4.69) is 24.5 Å². The zero-order valence-electron chi connectivity index (χ0n) is 10.7. The lowest BCUT2D eigenvalue weighted by atomic mass is 10.2. The van der Waals surface area contributed by atoms with Crippen LogP contribution in [0.5, 0.6) is 0 Å². The normalized spacial score (nSPS) is 10.8. The standard InChI is InChI=1S/C14H17NOS/c1-9-5-14(17-12(9)4)7-15-10(2)6-13(8-16)11(15)3/h5-6,8H,7H2,1-4H3. The fourth-order valence-electron chi connectivity index (χ4n) is 2.07. The topological polar surface area (TPSA) is 22.0 Å². The summed E-state index contributed by atoms with van der Waals surface area (Å²) in [6.07, 6.45) is 0.934. The predicted molar refractivity (Wildman–Crippen MR) is 72.2 cm³/mol. The van der Waals surface area contributed by atoms with Crippen LogP contribution in [0.4, 0.5) is 0 Å². The Kier molecular flexibility index (Phi) is 3.20. The maximum Gasteiger partial charge on any atom is 0.151 e. The number of aryl methyl sites for hydroxylation is 3. The molecular formula is C14H17NOS. The highest BCUT2D eigenvalue weighted by Gasteiger charge is 2.10. The number of hydrogen-bond acceptors (Lipinski definition) is 2. The first kappa shape index (κ1) is 12.1.